The van der Waals surface area contributed by atoms with E-state index >= 15 is 0 Å². The molecule has 2 aromatic rings. The molecule has 30 heavy (non-hydrogen) atoms. The molecule has 1 atom stereocenters. The highest BCUT2D eigenvalue weighted by molar-refractivity contribution is 7.92. The number of likely N-dealkylation sites (tertiary alicyclic amines) is 1. The molecule has 1 N–H and O–H groups in total. The molecule has 0 saturated carbocycles. The van der Waals surface area contributed by atoms with Crippen molar-refractivity contribution in [2.75, 3.05) is 19.7 Å². The highest BCUT2D eigenvalue weighted by Gasteiger charge is 2.42. The number of hydrogen-bond donors (Lipinski definition) is 1. The summed E-state index contributed by atoms with van der Waals surface area (Å²) in [7, 11) is -4.27. The van der Waals surface area contributed by atoms with Gasteiger partial charge in [0.2, 0.25) is 0 Å². The average Bonchev–Trinajstić information content (AvgIpc) is 3.23. The Bertz CT molecular complexity index is 1010. The molecule has 1 heterocycles. The van der Waals surface area contributed by atoms with E-state index in [0.717, 1.165) is 18.2 Å². The second-order valence-electron chi connectivity index (χ2n) is 6.88. The van der Waals surface area contributed by atoms with Crippen LogP contribution in [0.3, 0.4) is 0 Å². The number of carbonyl (C=O) groups is 1. The van der Waals surface area contributed by atoms with Gasteiger partial charge in [-0.05, 0) is 36.2 Å². The first-order valence-corrected chi connectivity index (χ1v) is 10.7. The minimum atomic E-state index is -4.79. The lowest BCUT2D eigenvalue weighted by Crippen LogP contribution is -2.35. The summed E-state index contributed by atoms with van der Waals surface area (Å²) < 4.78 is 70.7. The Hall–Kier alpha value is -2.59. The number of halogens is 3. The zero-order valence-corrected chi connectivity index (χ0v) is 16.6. The normalized spacial score (nSPS) is 17.2. The van der Waals surface area contributed by atoms with Crippen LogP contribution in [0.15, 0.2) is 53.4 Å². The first kappa shape index (κ1) is 22.1. The minimum Gasteiger partial charge on any atom is -0.484 e. The van der Waals surface area contributed by atoms with Crippen LogP contribution in [0.25, 0.3) is 0 Å². The molecule has 3 rings (SSSR count). The number of aliphatic hydroxyl groups excluding tert-OH is 1. The van der Waals surface area contributed by atoms with Crippen molar-refractivity contribution < 1.29 is 36.2 Å². The second-order valence-corrected chi connectivity index (χ2v) is 9.08. The van der Waals surface area contributed by atoms with E-state index in [1.807, 2.05) is 0 Å². The van der Waals surface area contributed by atoms with Crippen LogP contribution in [-0.4, -0.2) is 49.3 Å². The zero-order valence-electron chi connectivity index (χ0n) is 15.8. The predicted molar refractivity (Wildman–Crippen MR) is 101 cm³/mol. The van der Waals surface area contributed by atoms with E-state index < -0.39 is 37.6 Å². The minimum absolute atomic E-state index is 0.0471. The predicted octanol–water partition coefficient (Wildman–Crippen LogP) is 2.65. The maximum Gasteiger partial charge on any atom is 0.417 e. The van der Waals surface area contributed by atoms with Gasteiger partial charge in [0.05, 0.1) is 22.3 Å². The van der Waals surface area contributed by atoms with E-state index in [2.05, 4.69) is 0 Å². The molecule has 1 fully saturated rings. The number of nitrogens with zero attached hydrogens (tertiary/aromatic N) is 1. The molecule has 0 radical (unpaired) electrons. The summed E-state index contributed by atoms with van der Waals surface area (Å²) in [5.41, 5.74) is -0.523. The maximum atomic E-state index is 13.2. The lowest BCUT2D eigenvalue weighted by molar-refractivity contribution is -0.140. The molecule has 6 nitrogen and oxygen atoms in total. The van der Waals surface area contributed by atoms with Crippen molar-refractivity contribution in [1.29, 1.82) is 0 Å². The van der Waals surface area contributed by atoms with Gasteiger partial charge in [0, 0.05) is 13.1 Å². The van der Waals surface area contributed by atoms with Gasteiger partial charge >= 0.3 is 6.18 Å². The number of rotatable bonds is 6. The zero-order chi connectivity index (χ0) is 21.9. The molecule has 1 aliphatic rings. The SMILES string of the molecule is O=C(COc1ccc(CO)cc1)N1CCC(S(=O)(=O)c2ccccc2C(F)(F)F)C1. The van der Waals surface area contributed by atoms with Crippen molar-refractivity contribution in [1.82, 2.24) is 4.90 Å². The van der Waals surface area contributed by atoms with Crippen LogP contribution in [0.4, 0.5) is 13.2 Å². The number of sulfone groups is 1. The van der Waals surface area contributed by atoms with Crippen molar-refractivity contribution >= 4 is 15.7 Å². The van der Waals surface area contributed by atoms with Gasteiger partial charge < -0.3 is 14.7 Å². The first-order valence-electron chi connectivity index (χ1n) is 9.13. The van der Waals surface area contributed by atoms with Crippen LogP contribution in [0.2, 0.25) is 0 Å². The number of carbonyl (C=O) groups excluding carboxylic acids is 1. The van der Waals surface area contributed by atoms with Gasteiger partial charge in [0.15, 0.2) is 16.4 Å². The molecule has 162 valence electrons. The number of amides is 1. The number of alkyl halides is 3. The third-order valence-corrected chi connectivity index (χ3v) is 7.14. The Balaban J connectivity index is 1.66. The Labute approximate surface area is 171 Å². The standard InChI is InChI=1S/C20H20F3NO5S/c21-20(22,23)17-3-1-2-4-18(17)30(27,28)16-9-10-24(11-16)19(26)13-29-15-7-5-14(12-25)6-8-15/h1-8,16,25H,9-13H2. The van der Waals surface area contributed by atoms with Gasteiger partial charge in [0.1, 0.15) is 5.75 Å². The van der Waals surface area contributed by atoms with Crippen LogP contribution >= 0.6 is 0 Å². The van der Waals surface area contributed by atoms with Crippen molar-refractivity contribution in [3.63, 3.8) is 0 Å². The van der Waals surface area contributed by atoms with E-state index in [-0.39, 0.29) is 32.7 Å². The molecular weight excluding hydrogens is 423 g/mol. The van der Waals surface area contributed by atoms with Crippen molar-refractivity contribution in [3.8, 4) is 5.75 Å². The fourth-order valence-corrected chi connectivity index (χ4v) is 5.17. The fourth-order valence-electron chi connectivity index (χ4n) is 3.26. The highest BCUT2D eigenvalue weighted by atomic mass is 32.2. The Morgan fingerprint density at radius 3 is 2.43 bits per heavy atom. The smallest absolute Gasteiger partial charge is 0.417 e. The Morgan fingerprint density at radius 2 is 1.80 bits per heavy atom. The molecule has 1 amide bonds. The number of benzene rings is 2. The quantitative estimate of drug-likeness (QED) is 0.742. The van der Waals surface area contributed by atoms with Crippen LogP contribution in [-0.2, 0) is 27.4 Å². The fraction of sp³-hybridized carbons (Fsp3) is 0.350. The molecule has 2 aromatic carbocycles. The average molecular weight is 443 g/mol. The molecule has 0 aliphatic carbocycles. The van der Waals surface area contributed by atoms with Crippen molar-refractivity contribution in [2.45, 2.75) is 29.3 Å². The van der Waals surface area contributed by atoms with Crippen LogP contribution in [0.5, 0.6) is 5.75 Å². The van der Waals surface area contributed by atoms with E-state index in [1.54, 1.807) is 24.3 Å². The summed E-state index contributed by atoms with van der Waals surface area (Å²) in [6.45, 7) is -0.533. The van der Waals surface area contributed by atoms with Crippen LogP contribution < -0.4 is 4.74 Å². The third kappa shape index (κ3) is 4.76. The van der Waals surface area contributed by atoms with Gasteiger partial charge in [-0.25, -0.2) is 8.42 Å². The summed E-state index contributed by atoms with van der Waals surface area (Å²) in [5.74, 6) is -0.0499. The van der Waals surface area contributed by atoms with Crippen LogP contribution in [0, 0.1) is 0 Å². The van der Waals surface area contributed by atoms with Crippen molar-refractivity contribution in [2.24, 2.45) is 0 Å². The highest BCUT2D eigenvalue weighted by Crippen LogP contribution is 2.36. The Morgan fingerprint density at radius 1 is 1.13 bits per heavy atom. The molecular formula is C20H20F3NO5S. The van der Waals surface area contributed by atoms with E-state index in [0.29, 0.717) is 11.3 Å². The van der Waals surface area contributed by atoms with E-state index in [9.17, 15) is 26.4 Å². The van der Waals surface area contributed by atoms with E-state index in [1.165, 1.54) is 11.0 Å². The molecule has 0 bridgehead atoms. The van der Waals surface area contributed by atoms with Gasteiger partial charge in [-0.1, -0.05) is 24.3 Å². The topological polar surface area (TPSA) is 83.9 Å². The Kier molecular flexibility index (Phi) is 6.37. The second kappa shape index (κ2) is 8.65. The maximum absolute atomic E-state index is 13.2. The molecule has 1 saturated heterocycles. The molecule has 0 aromatic heterocycles. The number of hydrogen-bond acceptors (Lipinski definition) is 5. The van der Waals surface area contributed by atoms with Gasteiger partial charge in [0.25, 0.3) is 5.91 Å². The largest absolute Gasteiger partial charge is 0.484 e. The number of ether oxygens (including phenoxy) is 1. The summed E-state index contributed by atoms with van der Waals surface area (Å²) in [6, 6.07) is 10.5. The molecule has 1 aliphatic heterocycles. The lowest BCUT2D eigenvalue weighted by atomic mass is 10.2. The monoisotopic (exact) mass is 443 g/mol. The summed E-state index contributed by atoms with van der Waals surface area (Å²) >= 11 is 0. The number of aliphatic hydroxyl groups is 1. The summed E-state index contributed by atoms with van der Waals surface area (Å²) in [4.78, 5) is 12.9. The lowest BCUT2D eigenvalue weighted by Gasteiger charge is -2.19. The van der Waals surface area contributed by atoms with Gasteiger partial charge in [-0.2, -0.15) is 13.2 Å². The van der Waals surface area contributed by atoms with E-state index in [4.69, 9.17) is 9.84 Å². The van der Waals surface area contributed by atoms with Crippen molar-refractivity contribution in [3.05, 3.63) is 59.7 Å². The molecule has 1 unspecified atom stereocenters. The molecule has 10 heteroatoms. The first-order chi connectivity index (χ1) is 14.1. The van der Waals surface area contributed by atoms with Gasteiger partial charge in [-0.3, -0.25) is 4.79 Å². The summed E-state index contributed by atoms with van der Waals surface area (Å²) in [6.07, 6.45) is -4.75. The summed E-state index contributed by atoms with van der Waals surface area (Å²) in [5, 5.41) is 7.89. The van der Waals surface area contributed by atoms with Gasteiger partial charge in [-0.15, -0.1) is 0 Å². The third-order valence-electron chi connectivity index (χ3n) is 4.90. The molecule has 0 spiro atoms. The van der Waals surface area contributed by atoms with Crippen LogP contribution in [0.1, 0.15) is 17.5 Å².